The first-order chi connectivity index (χ1) is 11.7. The number of hydrogen-bond donors (Lipinski definition) is 3. The Morgan fingerprint density at radius 1 is 1.40 bits per heavy atom. The zero-order valence-corrected chi connectivity index (χ0v) is 16.0. The lowest BCUT2D eigenvalue weighted by Gasteiger charge is -2.22. The van der Waals surface area contributed by atoms with Crippen LogP contribution in [0.2, 0.25) is 6.32 Å². The third-order valence-electron chi connectivity index (χ3n) is 3.66. The largest absolute Gasteiger partial charge is 0.450 e. The van der Waals surface area contributed by atoms with Crippen LogP contribution in [0.15, 0.2) is 6.07 Å². The molecule has 7 nitrogen and oxygen atoms in total. The summed E-state index contributed by atoms with van der Waals surface area (Å²) in [6.45, 7) is 10.0. The second kappa shape index (κ2) is 9.70. The van der Waals surface area contributed by atoms with Gasteiger partial charge < -0.3 is 20.5 Å². The van der Waals surface area contributed by atoms with Crippen molar-refractivity contribution in [3.8, 4) is 0 Å². The lowest BCUT2D eigenvalue weighted by molar-refractivity contribution is 0.139. The normalized spacial score (nSPS) is 12.9. The van der Waals surface area contributed by atoms with Gasteiger partial charge in [-0.05, 0) is 41.0 Å². The third-order valence-corrected chi connectivity index (χ3v) is 3.66. The molecular formula is C17H31BN4O3. The Morgan fingerprint density at radius 2 is 2.08 bits per heavy atom. The summed E-state index contributed by atoms with van der Waals surface area (Å²) >= 11 is 0. The summed E-state index contributed by atoms with van der Waals surface area (Å²) in [4.78, 5) is 11.6. The smallest absolute Gasteiger partial charge is 0.407 e. The van der Waals surface area contributed by atoms with Gasteiger partial charge in [-0.3, -0.25) is 0 Å². The number of alkyl carbamates (subject to hydrolysis) is 1. The molecule has 1 aromatic rings. The molecule has 0 aliphatic carbocycles. The van der Waals surface area contributed by atoms with E-state index in [1.807, 2.05) is 45.4 Å². The Hall–Kier alpha value is -1.70. The van der Waals surface area contributed by atoms with Gasteiger partial charge in [0, 0.05) is 18.0 Å². The maximum absolute atomic E-state index is 11.6. The number of aliphatic hydroxyl groups is 1. The van der Waals surface area contributed by atoms with E-state index in [0.29, 0.717) is 19.3 Å². The van der Waals surface area contributed by atoms with Gasteiger partial charge in [0.15, 0.2) is 0 Å². The summed E-state index contributed by atoms with van der Waals surface area (Å²) < 4.78 is 7.08. The summed E-state index contributed by atoms with van der Waals surface area (Å²) in [5.41, 5.74) is 0.653. The van der Waals surface area contributed by atoms with Crippen LogP contribution in [0.5, 0.6) is 0 Å². The fourth-order valence-electron chi connectivity index (χ4n) is 2.53. The van der Waals surface area contributed by atoms with E-state index in [1.165, 1.54) is 0 Å². The minimum atomic E-state index is -0.413. The zero-order chi connectivity index (χ0) is 19.0. The predicted octanol–water partition coefficient (Wildman–Crippen LogP) is 2.59. The number of carbonyl (C=O) groups excluding carboxylic acids is 1. The number of rotatable bonds is 9. The predicted molar refractivity (Wildman–Crippen MR) is 100 cm³/mol. The molecule has 1 amide bonds. The molecule has 25 heavy (non-hydrogen) atoms. The van der Waals surface area contributed by atoms with Crippen molar-refractivity contribution in [2.24, 2.45) is 0 Å². The maximum Gasteiger partial charge on any atom is 0.407 e. The number of hydrogen-bond acceptors (Lipinski definition) is 5. The van der Waals surface area contributed by atoms with Crippen molar-refractivity contribution in [3.05, 3.63) is 11.8 Å². The molecule has 140 valence electrons. The number of aliphatic hydroxyl groups excluding tert-OH is 1. The molecule has 8 heteroatoms. The van der Waals surface area contributed by atoms with Gasteiger partial charge in [0.05, 0.1) is 25.7 Å². The lowest BCUT2D eigenvalue weighted by Crippen LogP contribution is -2.31. The van der Waals surface area contributed by atoms with Crippen molar-refractivity contribution >= 4 is 19.8 Å². The molecule has 1 atom stereocenters. The summed E-state index contributed by atoms with van der Waals surface area (Å²) in [6, 6.07) is 1.97. The van der Waals surface area contributed by atoms with E-state index in [0.717, 1.165) is 17.9 Å². The average molecular weight is 350 g/mol. The zero-order valence-electron chi connectivity index (χ0n) is 16.0. The fourth-order valence-corrected chi connectivity index (χ4v) is 2.53. The molecule has 0 spiro atoms. The molecule has 1 heterocycles. The van der Waals surface area contributed by atoms with Crippen molar-refractivity contribution in [2.75, 3.05) is 18.7 Å². The second-order valence-corrected chi connectivity index (χ2v) is 7.37. The Bertz CT molecular complexity index is 540. The molecule has 0 aromatic carbocycles. The first-order valence-electron chi connectivity index (χ1n) is 8.77. The summed E-state index contributed by atoms with van der Waals surface area (Å²) in [7, 11) is 5.74. The molecule has 0 aliphatic heterocycles. The minimum Gasteiger partial charge on any atom is -0.450 e. The molecule has 0 fully saturated rings. The Kier molecular flexibility index (Phi) is 8.28. The summed E-state index contributed by atoms with van der Waals surface area (Å²) in [5.74, 6) is 0.838. The fraction of sp³-hybridized carbons (Fsp3) is 0.765. The molecule has 0 unspecified atom stereocenters. The van der Waals surface area contributed by atoms with Gasteiger partial charge >= 0.3 is 6.09 Å². The van der Waals surface area contributed by atoms with E-state index in [2.05, 4.69) is 10.6 Å². The number of amides is 1. The van der Waals surface area contributed by atoms with Crippen LogP contribution < -0.4 is 10.6 Å². The van der Waals surface area contributed by atoms with Crippen LogP contribution in [0.1, 0.15) is 59.1 Å². The molecule has 2 radical (unpaired) electrons. The van der Waals surface area contributed by atoms with Crippen LogP contribution in [0.25, 0.3) is 0 Å². The molecule has 0 bridgehead atoms. The van der Waals surface area contributed by atoms with Crippen LogP contribution in [0.4, 0.5) is 10.6 Å². The van der Waals surface area contributed by atoms with Crippen LogP contribution in [0, 0.1) is 0 Å². The summed E-state index contributed by atoms with van der Waals surface area (Å²) in [6.07, 6.45) is 1.50. The van der Waals surface area contributed by atoms with Gasteiger partial charge in [0.25, 0.3) is 0 Å². The van der Waals surface area contributed by atoms with Gasteiger partial charge in [-0.2, -0.15) is 5.10 Å². The topological polar surface area (TPSA) is 88.4 Å². The van der Waals surface area contributed by atoms with Crippen molar-refractivity contribution in [1.82, 2.24) is 15.1 Å². The van der Waals surface area contributed by atoms with E-state index < -0.39 is 6.09 Å². The highest BCUT2D eigenvalue weighted by Crippen LogP contribution is 2.29. The number of nitrogens with one attached hydrogen (secondary N) is 2. The Morgan fingerprint density at radius 3 is 2.60 bits per heavy atom. The molecule has 1 aromatic heterocycles. The Balaban J connectivity index is 2.82. The number of ether oxygens (including phenoxy) is 1. The highest BCUT2D eigenvalue weighted by Gasteiger charge is 2.23. The van der Waals surface area contributed by atoms with Crippen LogP contribution in [-0.4, -0.2) is 48.2 Å². The molecular weight excluding hydrogens is 319 g/mol. The molecule has 0 aliphatic rings. The minimum absolute atomic E-state index is 0.0435. The van der Waals surface area contributed by atoms with Crippen molar-refractivity contribution in [2.45, 2.75) is 71.3 Å². The number of anilines is 1. The molecule has 0 saturated carbocycles. The monoisotopic (exact) mass is 350 g/mol. The highest BCUT2D eigenvalue weighted by atomic mass is 16.5. The van der Waals surface area contributed by atoms with Crippen molar-refractivity contribution in [1.29, 1.82) is 0 Å². The second-order valence-electron chi connectivity index (χ2n) is 7.37. The standard InChI is InChI=1S/C17H31BN4O3/c1-12(2)20-16(24)25-9-7-13(6-8-18)14-10-15(19-11-23)22(21-14)17(3,4)5/h10,12-13,19,23H,6-9,11H2,1-5H3,(H,20,24)/t13-/m0/s1. The van der Waals surface area contributed by atoms with Crippen molar-refractivity contribution < 1.29 is 14.6 Å². The molecule has 3 N–H and O–H groups in total. The van der Waals surface area contributed by atoms with Gasteiger partial charge in [-0.15, -0.1) is 0 Å². The van der Waals surface area contributed by atoms with Crippen LogP contribution in [-0.2, 0) is 10.3 Å². The van der Waals surface area contributed by atoms with Gasteiger partial charge in [-0.25, -0.2) is 9.48 Å². The van der Waals surface area contributed by atoms with Gasteiger partial charge in [0.2, 0.25) is 0 Å². The first-order valence-corrected chi connectivity index (χ1v) is 8.77. The number of nitrogens with zero attached hydrogens (tertiary/aromatic N) is 2. The average Bonchev–Trinajstić information content (AvgIpc) is 2.90. The summed E-state index contributed by atoms with van der Waals surface area (Å²) in [5, 5.41) is 19.5. The number of carbonyl (C=O) groups is 1. The van der Waals surface area contributed by atoms with Gasteiger partial charge in [-0.1, -0.05) is 12.7 Å². The van der Waals surface area contributed by atoms with Crippen LogP contribution >= 0.6 is 0 Å². The van der Waals surface area contributed by atoms with Crippen LogP contribution in [0.3, 0.4) is 0 Å². The Labute approximate surface area is 151 Å². The van der Waals surface area contributed by atoms with E-state index >= 15 is 0 Å². The van der Waals surface area contributed by atoms with E-state index in [-0.39, 0.29) is 24.2 Å². The molecule has 1 rings (SSSR count). The lowest BCUT2D eigenvalue weighted by atomic mass is 9.89. The third kappa shape index (κ3) is 6.98. The maximum atomic E-state index is 11.6. The number of aromatic nitrogens is 2. The van der Waals surface area contributed by atoms with Gasteiger partial charge in [0.1, 0.15) is 12.5 Å². The molecule has 0 saturated heterocycles. The first kappa shape index (κ1) is 21.3. The van der Waals surface area contributed by atoms with E-state index in [9.17, 15) is 9.90 Å². The van der Waals surface area contributed by atoms with E-state index in [4.69, 9.17) is 17.7 Å². The SMILES string of the molecule is [B]CC[C@@H](CCOC(=O)NC(C)C)c1cc(NCO)n(C(C)(C)C)n1. The highest BCUT2D eigenvalue weighted by molar-refractivity contribution is 6.08. The van der Waals surface area contributed by atoms with E-state index in [1.54, 1.807) is 0 Å². The quantitative estimate of drug-likeness (QED) is 0.471. The van der Waals surface area contributed by atoms with Crippen molar-refractivity contribution in [3.63, 3.8) is 0 Å².